The molecule has 1 aliphatic carbocycles. The number of benzene rings is 4. The summed E-state index contributed by atoms with van der Waals surface area (Å²) in [6.45, 7) is 3.94. The van der Waals surface area contributed by atoms with Gasteiger partial charge in [0.25, 0.3) is 0 Å². The molecule has 2 unspecified atom stereocenters. The number of rotatable bonds is 10. The average molecular weight is 585 g/mol. The number of carbonyl (C=O) groups is 2. The van der Waals surface area contributed by atoms with Gasteiger partial charge in [-0.05, 0) is 36.6 Å². The van der Waals surface area contributed by atoms with Crippen LogP contribution >= 0.6 is 0 Å². The number of ketones is 2. The summed E-state index contributed by atoms with van der Waals surface area (Å²) in [7, 11) is 1.49. The Morgan fingerprint density at radius 3 is 2.28 bits per heavy atom. The lowest BCUT2D eigenvalue weighted by Gasteiger charge is -2.21. The molecule has 0 fully saturated rings. The molecular weight excluding hydrogens is 553 g/mol. The Bertz CT molecular complexity index is 1690. The predicted octanol–water partition coefficient (Wildman–Crippen LogP) is 8.67. The second-order valence-electron chi connectivity index (χ2n) is 10.6. The molecule has 0 aliphatic heterocycles. The third-order valence-electron chi connectivity index (χ3n) is 7.80. The molecule has 1 aliphatic rings. The molecule has 0 aromatic heterocycles. The van der Waals surface area contributed by atoms with Gasteiger partial charge in [-0.25, -0.2) is 13.2 Å². The topological polar surface area (TPSA) is 52.6 Å². The summed E-state index contributed by atoms with van der Waals surface area (Å²) in [4.78, 5) is 25.9. The van der Waals surface area contributed by atoms with Gasteiger partial charge in [-0.3, -0.25) is 9.59 Å². The van der Waals surface area contributed by atoms with Gasteiger partial charge in [-0.15, -0.1) is 0 Å². The van der Waals surface area contributed by atoms with Gasteiger partial charge in [0.1, 0.15) is 24.1 Å². The van der Waals surface area contributed by atoms with E-state index in [4.69, 9.17) is 9.47 Å². The average Bonchev–Trinajstić information content (AvgIpc) is 3.44. The van der Waals surface area contributed by atoms with Crippen molar-refractivity contribution in [3.8, 4) is 11.5 Å². The molecule has 0 saturated carbocycles. The Kier molecular flexibility index (Phi) is 8.81. The number of Topliss-reactive ketones (excluding diaryl/α,β-unsaturated/α-hetero) is 2. The van der Waals surface area contributed by atoms with Gasteiger partial charge in [0.2, 0.25) is 0 Å². The fraction of sp³-hybridized carbons (Fsp3) is 0.222. The molecule has 0 saturated heterocycles. The fourth-order valence-electron chi connectivity index (χ4n) is 5.60. The van der Waals surface area contributed by atoms with Crippen molar-refractivity contribution in [1.82, 2.24) is 0 Å². The van der Waals surface area contributed by atoms with E-state index in [0.717, 1.165) is 16.7 Å². The summed E-state index contributed by atoms with van der Waals surface area (Å²) < 4.78 is 55.2. The zero-order valence-electron chi connectivity index (χ0n) is 24.1. The minimum absolute atomic E-state index is 0.0313. The van der Waals surface area contributed by atoms with E-state index in [0.29, 0.717) is 47.6 Å². The molecule has 7 heteroatoms. The number of ether oxygens (including phenoxy) is 2. The molecule has 2 atom stereocenters. The van der Waals surface area contributed by atoms with Gasteiger partial charge in [0.15, 0.2) is 23.1 Å². The van der Waals surface area contributed by atoms with Crippen LogP contribution in [0.1, 0.15) is 74.6 Å². The molecule has 220 valence electrons. The van der Waals surface area contributed by atoms with E-state index in [9.17, 15) is 22.8 Å². The number of hydrogen-bond acceptors (Lipinski definition) is 4. The number of hydrogen-bond donors (Lipinski definition) is 0. The van der Waals surface area contributed by atoms with Crippen molar-refractivity contribution in [2.24, 2.45) is 0 Å². The number of halogens is 3. The van der Waals surface area contributed by atoms with E-state index in [1.54, 1.807) is 49.4 Å². The van der Waals surface area contributed by atoms with Crippen LogP contribution in [-0.2, 0) is 6.61 Å². The van der Waals surface area contributed by atoms with Crippen LogP contribution in [0.25, 0.3) is 0 Å². The standard InChI is InChI=1S/C36H31F3O4/c1-4-32(40)24-8-5-7-22(15-24)20-43-33-10-6-9-27(36(33)42-3)28-16-25(23-13-11-21(2)12-14-23)17-29(28)35(41)34-30(38)18-26(37)19-31(34)39/h5-15,17-19,25,28H,4,16,20H2,1-3H3. The molecule has 0 spiro atoms. The van der Waals surface area contributed by atoms with E-state index < -0.39 is 34.7 Å². The van der Waals surface area contributed by atoms with Crippen LogP contribution in [0.15, 0.2) is 90.5 Å². The van der Waals surface area contributed by atoms with Gasteiger partial charge in [-0.2, -0.15) is 0 Å². The van der Waals surface area contributed by atoms with E-state index in [1.807, 2.05) is 37.3 Å². The molecule has 0 bridgehead atoms. The fourth-order valence-corrected chi connectivity index (χ4v) is 5.60. The van der Waals surface area contributed by atoms with Gasteiger partial charge in [-0.1, -0.05) is 73.2 Å². The molecule has 0 N–H and O–H groups in total. The van der Waals surface area contributed by atoms with Crippen LogP contribution in [0.5, 0.6) is 11.5 Å². The van der Waals surface area contributed by atoms with Crippen LogP contribution in [0.2, 0.25) is 0 Å². The summed E-state index contributed by atoms with van der Waals surface area (Å²) in [5.41, 5.74) is 3.44. The molecule has 5 rings (SSSR count). The summed E-state index contributed by atoms with van der Waals surface area (Å²) in [5, 5.41) is 0. The number of aryl methyl sites for hydroxylation is 1. The maximum Gasteiger partial charge on any atom is 0.195 e. The van der Waals surface area contributed by atoms with Crippen molar-refractivity contribution < 1.29 is 32.2 Å². The first kappa shape index (κ1) is 29.8. The maximum atomic E-state index is 14.8. The van der Waals surface area contributed by atoms with E-state index in [1.165, 1.54) is 7.11 Å². The lowest BCUT2D eigenvalue weighted by molar-refractivity contribution is 0.0985. The summed E-state index contributed by atoms with van der Waals surface area (Å²) in [6.07, 6.45) is 2.57. The summed E-state index contributed by atoms with van der Waals surface area (Å²) in [6, 6.07) is 21.4. The Morgan fingerprint density at radius 2 is 1.60 bits per heavy atom. The highest BCUT2D eigenvalue weighted by Gasteiger charge is 2.37. The smallest absolute Gasteiger partial charge is 0.195 e. The Morgan fingerprint density at radius 1 is 0.907 bits per heavy atom. The molecule has 4 aromatic carbocycles. The third kappa shape index (κ3) is 6.26. The van der Waals surface area contributed by atoms with Gasteiger partial charge in [0.05, 0.1) is 12.7 Å². The predicted molar refractivity (Wildman–Crippen MR) is 158 cm³/mol. The second-order valence-corrected chi connectivity index (χ2v) is 10.6. The van der Waals surface area contributed by atoms with Crippen molar-refractivity contribution in [2.45, 2.75) is 45.1 Å². The Labute approximate surface area is 248 Å². The van der Waals surface area contributed by atoms with Crippen molar-refractivity contribution in [2.75, 3.05) is 7.11 Å². The molecule has 4 aromatic rings. The largest absolute Gasteiger partial charge is 0.493 e. The number of carbonyl (C=O) groups excluding carboxylic acids is 2. The first-order valence-electron chi connectivity index (χ1n) is 14.1. The number of allylic oxidation sites excluding steroid dienone is 2. The van der Waals surface area contributed by atoms with E-state index in [-0.39, 0.29) is 23.9 Å². The normalized spacial score (nSPS) is 16.1. The lowest BCUT2D eigenvalue weighted by Crippen LogP contribution is -2.14. The SMILES string of the molecule is CCC(=O)c1cccc(COc2cccc(C3CC(c4ccc(C)cc4)C=C3C(=O)c3c(F)cc(F)cc3F)c2OC)c1. The van der Waals surface area contributed by atoms with Gasteiger partial charge < -0.3 is 9.47 Å². The summed E-state index contributed by atoms with van der Waals surface area (Å²) >= 11 is 0. The van der Waals surface area contributed by atoms with Gasteiger partial charge in [0, 0.05) is 47.1 Å². The monoisotopic (exact) mass is 584 g/mol. The summed E-state index contributed by atoms with van der Waals surface area (Å²) in [5.74, 6) is -4.44. The molecule has 0 amide bonds. The molecular formula is C36H31F3O4. The highest BCUT2D eigenvalue weighted by atomic mass is 19.1. The quantitative estimate of drug-likeness (QED) is 0.175. The lowest BCUT2D eigenvalue weighted by atomic mass is 9.85. The van der Waals surface area contributed by atoms with E-state index in [2.05, 4.69) is 0 Å². The maximum absolute atomic E-state index is 14.8. The first-order chi connectivity index (χ1) is 20.7. The van der Waals surface area contributed by atoms with Crippen LogP contribution in [-0.4, -0.2) is 18.7 Å². The van der Waals surface area contributed by atoms with Crippen molar-refractivity contribution in [1.29, 1.82) is 0 Å². The van der Waals surface area contributed by atoms with Crippen molar-refractivity contribution >= 4 is 11.6 Å². The Balaban J connectivity index is 1.52. The zero-order valence-corrected chi connectivity index (χ0v) is 24.1. The zero-order chi connectivity index (χ0) is 30.7. The van der Waals surface area contributed by atoms with Crippen LogP contribution in [0.3, 0.4) is 0 Å². The van der Waals surface area contributed by atoms with Crippen molar-refractivity contribution in [3.05, 3.63) is 141 Å². The number of para-hydroxylation sites is 1. The van der Waals surface area contributed by atoms with Crippen LogP contribution in [0, 0.1) is 24.4 Å². The highest BCUT2D eigenvalue weighted by molar-refractivity contribution is 6.10. The minimum Gasteiger partial charge on any atom is -0.493 e. The molecule has 0 heterocycles. The van der Waals surface area contributed by atoms with Crippen molar-refractivity contribution in [3.63, 3.8) is 0 Å². The molecule has 0 radical (unpaired) electrons. The van der Waals surface area contributed by atoms with Crippen LogP contribution < -0.4 is 9.47 Å². The van der Waals surface area contributed by atoms with Gasteiger partial charge >= 0.3 is 0 Å². The highest BCUT2D eigenvalue weighted by Crippen LogP contribution is 2.49. The van der Waals surface area contributed by atoms with Crippen LogP contribution in [0.4, 0.5) is 13.2 Å². The third-order valence-corrected chi connectivity index (χ3v) is 7.80. The molecule has 43 heavy (non-hydrogen) atoms. The molecule has 4 nitrogen and oxygen atoms in total. The first-order valence-corrected chi connectivity index (χ1v) is 14.1. The minimum atomic E-state index is -1.26. The number of methoxy groups -OCH3 is 1. The van der Waals surface area contributed by atoms with E-state index >= 15 is 0 Å². The second kappa shape index (κ2) is 12.7. The Hall–Kier alpha value is -4.65.